The molecule has 3 aromatic rings. The zero-order valence-corrected chi connectivity index (χ0v) is 24.9. The van der Waals surface area contributed by atoms with Gasteiger partial charge >= 0.3 is 0 Å². The molecule has 0 fully saturated rings. The Morgan fingerprint density at radius 2 is 1.56 bits per heavy atom. The molecule has 0 aromatic heterocycles. The van der Waals surface area contributed by atoms with Crippen molar-refractivity contribution in [3.63, 3.8) is 0 Å². The molecular weight excluding hydrogens is 586 g/mol. The number of halogens is 1. The Bertz CT molecular complexity index is 1410. The summed E-state index contributed by atoms with van der Waals surface area (Å²) in [6, 6.07) is 17.5. The number of methoxy groups -OCH3 is 2. The number of anilines is 1. The Morgan fingerprint density at radius 1 is 0.949 bits per heavy atom. The second kappa shape index (κ2) is 13.0. The number of nitrogens with one attached hydrogen (secondary N) is 1. The van der Waals surface area contributed by atoms with Gasteiger partial charge in [-0.15, -0.1) is 0 Å². The van der Waals surface area contributed by atoms with Crippen molar-refractivity contribution in [2.45, 2.75) is 31.3 Å². The minimum atomic E-state index is -4.19. The van der Waals surface area contributed by atoms with Crippen molar-refractivity contribution >= 4 is 43.5 Å². The van der Waals surface area contributed by atoms with E-state index in [0.29, 0.717) is 11.5 Å². The van der Waals surface area contributed by atoms with Crippen LogP contribution in [0.4, 0.5) is 5.69 Å². The van der Waals surface area contributed by atoms with Crippen molar-refractivity contribution < 1.29 is 27.5 Å². The van der Waals surface area contributed by atoms with Crippen molar-refractivity contribution in [3.8, 4) is 11.5 Å². The molecule has 1 N–H and O–H groups in total. The van der Waals surface area contributed by atoms with E-state index in [1.54, 1.807) is 31.2 Å². The molecule has 39 heavy (non-hydrogen) atoms. The number of hydrogen-bond acceptors (Lipinski definition) is 6. The van der Waals surface area contributed by atoms with E-state index in [1.807, 2.05) is 31.2 Å². The van der Waals surface area contributed by atoms with Crippen molar-refractivity contribution in [1.29, 1.82) is 0 Å². The number of amides is 2. The largest absolute Gasteiger partial charge is 0.493 e. The minimum Gasteiger partial charge on any atom is -0.493 e. The predicted molar refractivity (Wildman–Crippen MR) is 153 cm³/mol. The average Bonchev–Trinajstić information content (AvgIpc) is 2.94. The molecule has 9 nitrogen and oxygen atoms in total. The fraction of sp³-hybridized carbons (Fsp3) is 0.286. The van der Waals surface area contributed by atoms with Crippen LogP contribution in [-0.2, 0) is 26.2 Å². The SMILES string of the molecule is CNC(=O)C(C)N(Cc1ccc(Br)cc1)C(=O)CN(c1ccc(OC)c(OC)c1)S(=O)(=O)c1ccc(C)cc1. The van der Waals surface area contributed by atoms with Crippen LogP contribution in [0.5, 0.6) is 11.5 Å². The Hall–Kier alpha value is -3.57. The number of rotatable bonds is 11. The lowest BCUT2D eigenvalue weighted by Gasteiger charge is -2.32. The van der Waals surface area contributed by atoms with Gasteiger partial charge in [0.2, 0.25) is 11.8 Å². The Balaban J connectivity index is 2.08. The van der Waals surface area contributed by atoms with E-state index in [9.17, 15) is 18.0 Å². The van der Waals surface area contributed by atoms with Gasteiger partial charge in [0.25, 0.3) is 10.0 Å². The molecule has 2 amide bonds. The van der Waals surface area contributed by atoms with Crippen LogP contribution in [0.15, 0.2) is 76.1 Å². The van der Waals surface area contributed by atoms with Crippen molar-refractivity contribution in [1.82, 2.24) is 10.2 Å². The van der Waals surface area contributed by atoms with Crippen LogP contribution in [-0.4, -0.2) is 59.0 Å². The second-order valence-corrected chi connectivity index (χ2v) is 11.6. The standard InChI is InChI=1S/C28H32BrN3O6S/c1-19-6-13-24(14-7-19)39(35,36)32(23-12-15-25(37-4)26(16-23)38-5)18-27(33)31(20(2)28(34)30-3)17-21-8-10-22(29)11-9-21/h6-16,20H,17-18H2,1-5H3,(H,30,34). The first-order valence-electron chi connectivity index (χ1n) is 12.1. The Labute approximate surface area is 237 Å². The highest BCUT2D eigenvalue weighted by Crippen LogP contribution is 2.34. The number of aryl methyl sites for hydroxylation is 1. The second-order valence-electron chi connectivity index (χ2n) is 8.80. The molecule has 0 spiro atoms. The summed E-state index contributed by atoms with van der Waals surface area (Å²) in [6.45, 7) is 3.01. The van der Waals surface area contributed by atoms with Gasteiger partial charge in [-0.25, -0.2) is 8.42 Å². The van der Waals surface area contributed by atoms with Crippen LogP contribution in [0.25, 0.3) is 0 Å². The van der Waals surface area contributed by atoms with Gasteiger partial charge in [0.15, 0.2) is 11.5 Å². The highest BCUT2D eigenvalue weighted by molar-refractivity contribution is 9.10. The first-order chi connectivity index (χ1) is 18.5. The lowest BCUT2D eigenvalue weighted by molar-refractivity contribution is -0.139. The van der Waals surface area contributed by atoms with Crippen LogP contribution in [0, 0.1) is 6.92 Å². The molecule has 11 heteroatoms. The lowest BCUT2D eigenvalue weighted by Crippen LogP contribution is -2.50. The molecule has 0 aliphatic carbocycles. The monoisotopic (exact) mass is 617 g/mol. The summed E-state index contributed by atoms with van der Waals surface area (Å²) in [6.07, 6.45) is 0. The van der Waals surface area contributed by atoms with Crippen molar-refractivity contribution in [2.75, 3.05) is 32.1 Å². The number of sulfonamides is 1. The molecule has 1 unspecified atom stereocenters. The van der Waals surface area contributed by atoms with E-state index in [4.69, 9.17) is 9.47 Å². The summed E-state index contributed by atoms with van der Waals surface area (Å²) in [4.78, 5) is 27.8. The van der Waals surface area contributed by atoms with Gasteiger partial charge in [-0.05, 0) is 55.8 Å². The summed E-state index contributed by atoms with van der Waals surface area (Å²) in [5.41, 5.74) is 1.88. The average molecular weight is 619 g/mol. The van der Waals surface area contributed by atoms with E-state index in [-0.39, 0.29) is 23.0 Å². The number of likely N-dealkylation sites (N-methyl/N-ethyl adjacent to an activating group) is 1. The Morgan fingerprint density at radius 3 is 2.13 bits per heavy atom. The normalized spacial score (nSPS) is 11.8. The highest BCUT2D eigenvalue weighted by Gasteiger charge is 2.32. The fourth-order valence-electron chi connectivity index (χ4n) is 3.92. The van der Waals surface area contributed by atoms with Gasteiger partial charge in [0, 0.05) is 24.1 Å². The van der Waals surface area contributed by atoms with E-state index >= 15 is 0 Å². The molecule has 3 aromatic carbocycles. The molecule has 0 aliphatic heterocycles. The van der Waals surface area contributed by atoms with E-state index < -0.39 is 28.5 Å². The summed E-state index contributed by atoms with van der Waals surface area (Å²) >= 11 is 3.40. The highest BCUT2D eigenvalue weighted by atomic mass is 79.9. The van der Waals surface area contributed by atoms with Crippen molar-refractivity contribution in [2.24, 2.45) is 0 Å². The third kappa shape index (κ3) is 7.10. The zero-order valence-electron chi connectivity index (χ0n) is 22.5. The van der Waals surface area contributed by atoms with Crippen molar-refractivity contribution in [3.05, 3.63) is 82.3 Å². The summed E-state index contributed by atoms with van der Waals surface area (Å²) in [7, 11) is 0.209. The molecular formula is C28H32BrN3O6S. The number of hydrogen-bond donors (Lipinski definition) is 1. The predicted octanol–water partition coefficient (Wildman–Crippen LogP) is 4.13. The summed E-state index contributed by atoms with van der Waals surface area (Å²) in [5, 5.41) is 2.57. The van der Waals surface area contributed by atoms with Crippen LogP contribution in [0.1, 0.15) is 18.1 Å². The van der Waals surface area contributed by atoms with Gasteiger partial charge in [-0.1, -0.05) is 45.8 Å². The summed E-state index contributed by atoms with van der Waals surface area (Å²) < 4.78 is 40.4. The number of nitrogens with zero attached hydrogens (tertiary/aromatic N) is 2. The number of carbonyl (C=O) groups excluding carboxylic acids is 2. The maximum absolute atomic E-state index is 13.9. The van der Waals surface area contributed by atoms with Gasteiger partial charge in [-0.3, -0.25) is 13.9 Å². The molecule has 0 saturated heterocycles. The number of ether oxygens (including phenoxy) is 2. The number of carbonyl (C=O) groups is 2. The minimum absolute atomic E-state index is 0.0227. The van der Waals surface area contributed by atoms with E-state index in [0.717, 1.165) is 19.9 Å². The molecule has 0 radical (unpaired) electrons. The van der Waals surface area contributed by atoms with Gasteiger partial charge in [0.1, 0.15) is 12.6 Å². The van der Waals surface area contributed by atoms with Crippen LogP contribution < -0.4 is 19.1 Å². The molecule has 0 saturated carbocycles. The summed E-state index contributed by atoms with van der Waals surface area (Å²) in [5.74, 6) is -0.221. The van der Waals surface area contributed by atoms with Crippen LogP contribution in [0.3, 0.4) is 0 Å². The zero-order chi connectivity index (χ0) is 28.7. The lowest BCUT2D eigenvalue weighted by atomic mass is 10.1. The van der Waals surface area contributed by atoms with Gasteiger partial charge in [-0.2, -0.15) is 0 Å². The molecule has 0 heterocycles. The smallest absolute Gasteiger partial charge is 0.264 e. The molecule has 0 aliphatic rings. The first kappa shape index (κ1) is 30.0. The fourth-order valence-corrected chi connectivity index (χ4v) is 5.59. The molecule has 0 bridgehead atoms. The van der Waals surface area contributed by atoms with Gasteiger partial charge in [0.05, 0.1) is 24.8 Å². The van der Waals surface area contributed by atoms with Gasteiger partial charge < -0.3 is 19.7 Å². The first-order valence-corrected chi connectivity index (χ1v) is 14.3. The maximum atomic E-state index is 13.9. The topological polar surface area (TPSA) is 105 Å². The van der Waals surface area contributed by atoms with E-state index in [2.05, 4.69) is 21.2 Å². The third-order valence-electron chi connectivity index (χ3n) is 6.22. The Kier molecular flexibility index (Phi) is 9.98. The van der Waals surface area contributed by atoms with E-state index in [1.165, 1.54) is 44.4 Å². The molecule has 208 valence electrons. The third-order valence-corrected chi connectivity index (χ3v) is 8.54. The number of benzene rings is 3. The molecule has 3 rings (SSSR count). The quantitative estimate of drug-likeness (QED) is 0.347. The molecule has 1 atom stereocenters. The van der Waals surface area contributed by atoms with Crippen LogP contribution >= 0.6 is 15.9 Å². The van der Waals surface area contributed by atoms with Crippen LogP contribution in [0.2, 0.25) is 0 Å². The maximum Gasteiger partial charge on any atom is 0.264 e.